The van der Waals surface area contributed by atoms with Crippen LogP contribution in [0.2, 0.25) is 0 Å². The Bertz CT molecular complexity index is 562. The second kappa shape index (κ2) is 4.15. The smallest absolute Gasteiger partial charge is 0.180 e. The van der Waals surface area contributed by atoms with Crippen molar-refractivity contribution in [3.05, 3.63) is 18.6 Å². The molecule has 0 aliphatic carbocycles. The third-order valence-electron chi connectivity index (χ3n) is 3.67. The average molecular weight is 245 g/mol. The predicted molar refractivity (Wildman–Crippen MR) is 73.1 cm³/mol. The average Bonchev–Trinajstić information content (AvgIpc) is 2.94. The molecule has 1 N–H and O–H groups in total. The minimum absolute atomic E-state index is 0.528. The lowest BCUT2D eigenvalue weighted by molar-refractivity contribution is 0.625. The van der Waals surface area contributed by atoms with Crippen molar-refractivity contribution in [1.82, 2.24) is 14.4 Å². The van der Waals surface area contributed by atoms with E-state index in [1.165, 1.54) is 6.42 Å². The molecule has 5 heteroatoms. The number of aromatic nitrogens is 3. The first-order valence-corrected chi connectivity index (χ1v) is 6.47. The predicted octanol–water partition coefficient (Wildman–Crippen LogP) is 2.01. The van der Waals surface area contributed by atoms with E-state index >= 15 is 0 Å². The van der Waals surface area contributed by atoms with E-state index in [1.54, 1.807) is 0 Å². The van der Waals surface area contributed by atoms with Gasteiger partial charge in [-0.3, -0.25) is 0 Å². The minimum Gasteiger partial charge on any atom is -0.372 e. The standard InChI is InChI=1S/C13H19N5/c1-9-6-10(2)18(7-9)13-12-15-4-5-17(12)8-11(14-3)16-13/h4-5,8-10,14H,6-7H2,1-3H3. The molecule has 3 rings (SSSR count). The van der Waals surface area contributed by atoms with Crippen molar-refractivity contribution in [1.29, 1.82) is 0 Å². The Morgan fingerprint density at radius 3 is 2.89 bits per heavy atom. The lowest BCUT2D eigenvalue weighted by Gasteiger charge is -2.23. The number of nitrogens with one attached hydrogen (secondary N) is 1. The molecule has 0 radical (unpaired) electrons. The molecule has 2 aromatic heterocycles. The molecule has 1 aliphatic heterocycles. The summed E-state index contributed by atoms with van der Waals surface area (Å²) in [7, 11) is 1.89. The van der Waals surface area contributed by atoms with Crippen LogP contribution in [0.4, 0.5) is 11.6 Å². The van der Waals surface area contributed by atoms with Gasteiger partial charge >= 0.3 is 0 Å². The Kier molecular flexibility index (Phi) is 2.61. The zero-order chi connectivity index (χ0) is 12.7. The van der Waals surface area contributed by atoms with Crippen molar-refractivity contribution in [2.24, 2.45) is 5.92 Å². The Labute approximate surface area is 107 Å². The number of anilines is 2. The van der Waals surface area contributed by atoms with Crippen LogP contribution in [0.3, 0.4) is 0 Å². The summed E-state index contributed by atoms with van der Waals surface area (Å²) in [6.45, 7) is 5.61. The third-order valence-corrected chi connectivity index (χ3v) is 3.67. The van der Waals surface area contributed by atoms with Gasteiger partial charge in [-0.05, 0) is 19.3 Å². The van der Waals surface area contributed by atoms with Crippen LogP contribution in [0.1, 0.15) is 20.3 Å². The highest BCUT2D eigenvalue weighted by Gasteiger charge is 2.29. The van der Waals surface area contributed by atoms with Crippen LogP contribution in [0.15, 0.2) is 18.6 Å². The van der Waals surface area contributed by atoms with Crippen molar-refractivity contribution in [2.75, 3.05) is 23.8 Å². The van der Waals surface area contributed by atoms with Crippen molar-refractivity contribution in [3.63, 3.8) is 0 Å². The van der Waals surface area contributed by atoms with Gasteiger partial charge in [0.2, 0.25) is 0 Å². The fraction of sp³-hybridized carbons (Fsp3) is 0.538. The van der Waals surface area contributed by atoms with E-state index in [-0.39, 0.29) is 0 Å². The zero-order valence-electron chi connectivity index (χ0n) is 11.1. The van der Waals surface area contributed by atoms with E-state index < -0.39 is 0 Å². The van der Waals surface area contributed by atoms with E-state index in [9.17, 15) is 0 Å². The summed E-state index contributed by atoms with van der Waals surface area (Å²) < 4.78 is 2.03. The molecule has 2 atom stereocenters. The van der Waals surface area contributed by atoms with Gasteiger partial charge in [0.25, 0.3) is 0 Å². The van der Waals surface area contributed by atoms with Crippen LogP contribution in [-0.4, -0.2) is 34.0 Å². The van der Waals surface area contributed by atoms with Crippen LogP contribution in [0, 0.1) is 5.92 Å². The zero-order valence-corrected chi connectivity index (χ0v) is 11.1. The number of hydrogen-bond acceptors (Lipinski definition) is 4. The van der Waals surface area contributed by atoms with Crippen LogP contribution in [0.25, 0.3) is 5.65 Å². The first-order chi connectivity index (χ1) is 8.69. The molecule has 1 saturated heterocycles. The SMILES string of the molecule is CNc1cn2ccnc2c(N2CC(C)CC2C)n1. The van der Waals surface area contributed by atoms with Gasteiger partial charge in [-0.2, -0.15) is 0 Å². The van der Waals surface area contributed by atoms with Crippen LogP contribution < -0.4 is 10.2 Å². The topological polar surface area (TPSA) is 45.5 Å². The molecule has 2 unspecified atom stereocenters. The Balaban J connectivity index is 2.12. The van der Waals surface area contributed by atoms with Crippen LogP contribution in [-0.2, 0) is 0 Å². The molecule has 96 valence electrons. The van der Waals surface area contributed by atoms with Crippen molar-refractivity contribution >= 4 is 17.3 Å². The summed E-state index contributed by atoms with van der Waals surface area (Å²) in [5.74, 6) is 2.58. The molecule has 1 aliphatic rings. The third kappa shape index (κ3) is 1.70. The molecule has 0 bridgehead atoms. The highest BCUT2D eigenvalue weighted by atomic mass is 15.3. The summed E-state index contributed by atoms with van der Waals surface area (Å²) in [5.41, 5.74) is 0.940. The molecule has 0 spiro atoms. The summed E-state index contributed by atoms with van der Waals surface area (Å²) in [6, 6.07) is 0.528. The van der Waals surface area contributed by atoms with Gasteiger partial charge in [0.15, 0.2) is 11.5 Å². The van der Waals surface area contributed by atoms with E-state index in [1.807, 2.05) is 30.0 Å². The number of rotatable bonds is 2. The highest BCUT2D eigenvalue weighted by Crippen LogP contribution is 2.30. The maximum atomic E-state index is 4.69. The maximum Gasteiger partial charge on any atom is 0.180 e. The molecule has 1 fully saturated rings. The lowest BCUT2D eigenvalue weighted by atomic mass is 10.1. The number of hydrogen-bond donors (Lipinski definition) is 1. The summed E-state index contributed by atoms with van der Waals surface area (Å²) in [5, 5.41) is 3.11. The monoisotopic (exact) mass is 245 g/mol. The first kappa shape index (κ1) is 11.3. The van der Waals surface area contributed by atoms with Gasteiger partial charge < -0.3 is 14.6 Å². The minimum atomic E-state index is 0.528. The summed E-state index contributed by atoms with van der Waals surface area (Å²) in [4.78, 5) is 11.5. The van der Waals surface area contributed by atoms with E-state index in [0.29, 0.717) is 6.04 Å². The quantitative estimate of drug-likeness (QED) is 0.879. The van der Waals surface area contributed by atoms with Gasteiger partial charge in [-0.25, -0.2) is 9.97 Å². The highest BCUT2D eigenvalue weighted by molar-refractivity contribution is 5.67. The molecule has 18 heavy (non-hydrogen) atoms. The number of nitrogens with zero attached hydrogens (tertiary/aromatic N) is 4. The Hall–Kier alpha value is -1.78. The van der Waals surface area contributed by atoms with Gasteiger partial charge in [0, 0.05) is 32.0 Å². The van der Waals surface area contributed by atoms with Gasteiger partial charge in [0.05, 0.1) is 6.20 Å². The fourth-order valence-corrected chi connectivity index (χ4v) is 2.82. The van der Waals surface area contributed by atoms with Crippen LogP contribution in [0.5, 0.6) is 0 Å². The largest absolute Gasteiger partial charge is 0.372 e. The van der Waals surface area contributed by atoms with Crippen LogP contribution >= 0.6 is 0 Å². The van der Waals surface area contributed by atoms with Gasteiger partial charge in [-0.15, -0.1) is 0 Å². The molecular formula is C13H19N5. The fourth-order valence-electron chi connectivity index (χ4n) is 2.82. The normalized spacial score (nSPS) is 23.8. The van der Waals surface area contributed by atoms with Gasteiger partial charge in [0.1, 0.15) is 5.82 Å². The number of fused-ring (bicyclic) bond motifs is 1. The second-order valence-corrected chi connectivity index (χ2v) is 5.20. The molecular weight excluding hydrogens is 226 g/mol. The van der Waals surface area contributed by atoms with Crippen molar-refractivity contribution in [2.45, 2.75) is 26.3 Å². The molecule has 0 saturated carbocycles. The van der Waals surface area contributed by atoms with E-state index in [2.05, 4.69) is 34.0 Å². The Morgan fingerprint density at radius 1 is 1.39 bits per heavy atom. The maximum absolute atomic E-state index is 4.69. The van der Waals surface area contributed by atoms with Crippen molar-refractivity contribution < 1.29 is 0 Å². The Morgan fingerprint density at radius 2 is 2.22 bits per heavy atom. The summed E-state index contributed by atoms with van der Waals surface area (Å²) >= 11 is 0. The van der Waals surface area contributed by atoms with Gasteiger partial charge in [-0.1, -0.05) is 6.92 Å². The molecule has 0 aromatic carbocycles. The lowest BCUT2D eigenvalue weighted by Crippen LogP contribution is -2.28. The molecule has 0 amide bonds. The molecule has 2 aromatic rings. The summed E-state index contributed by atoms with van der Waals surface area (Å²) in [6.07, 6.45) is 6.98. The second-order valence-electron chi connectivity index (χ2n) is 5.20. The molecule has 5 nitrogen and oxygen atoms in total. The molecule has 3 heterocycles. The number of imidazole rings is 1. The first-order valence-electron chi connectivity index (χ1n) is 6.47. The van der Waals surface area contributed by atoms with E-state index in [4.69, 9.17) is 0 Å². The van der Waals surface area contributed by atoms with E-state index in [0.717, 1.165) is 29.7 Å². The van der Waals surface area contributed by atoms with Crippen molar-refractivity contribution in [3.8, 4) is 0 Å².